The summed E-state index contributed by atoms with van der Waals surface area (Å²) in [5.74, 6) is 6.31. The van der Waals surface area contributed by atoms with E-state index in [1.54, 1.807) is 0 Å². The molecule has 0 atom stereocenters. The molecule has 0 saturated carbocycles. The molecule has 1 nitrogen and oxygen atoms in total. The molecule has 0 bridgehead atoms. The summed E-state index contributed by atoms with van der Waals surface area (Å²) in [5.41, 5.74) is 3.63. The minimum absolute atomic E-state index is 0.676. The van der Waals surface area contributed by atoms with Crippen LogP contribution >= 0.6 is 0 Å². The van der Waals surface area contributed by atoms with Gasteiger partial charge in [0, 0.05) is 11.3 Å². The van der Waals surface area contributed by atoms with Crippen molar-refractivity contribution in [2.75, 3.05) is 11.9 Å². The summed E-state index contributed by atoms with van der Waals surface area (Å²) in [4.78, 5) is 0. The minimum Gasteiger partial charge on any atom is -0.374 e. The molecule has 0 heterocycles. The molecule has 2 aromatic carbocycles. The van der Waals surface area contributed by atoms with Gasteiger partial charge in [0.1, 0.15) is 0 Å². The van der Waals surface area contributed by atoms with Gasteiger partial charge in [-0.2, -0.15) is 0 Å². The van der Waals surface area contributed by atoms with Crippen LogP contribution in [0.3, 0.4) is 0 Å². The van der Waals surface area contributed by atoms with Crippen LogP contribution in [0.25, 0.3) is 0 Å². The van der Waals surface area contributed by atoms with E-state index in [9.17, 15) is 0 Å². The summed E-state index contributed by atoms with van der Waals surface area (Å²) in [6, 6.07) is 18.5. The zero-order valence-corrected chi connectivity index (χ0v) is 11.3. The first-order valence-corrected chi connectivity index (χ1v) is 6.76. The zero-order valence-electron chi connectivity index (χ0n) is 11.3. The van der Waals surface area contributed by atoms with Gasteiger partial charge >= 0.3 is 0 Å². The van der Waals surface area contributed by atoms with Gasteiger partial charge in [-0.1, -0.05) is 61.6 Å². The van der Waals surface area contributed by atoms with Crippen LogP contribution in [0, 0.1) is 11.8 Å². The summed E-state index contributed by atoms with van der Waals surface area (Å²) < 4.78 is 0. The molecule has 0 fully saturated rings. The third-order valence-electron chi connectivity index (χ3n) is 2.91. The standard InChI is InChI=1S/C18H19N/c1-2-9-17-13-6-7-14-18(17)19-15-8-12-16-10-4-3-5-11-16/h3-7,10-11,13-14,19H,2,9,15H2,1H3. The highest BCUT2D eigenvalue weighted by Gasteiger charge is 1.98. The van der Waals surface area contributed by atoms with E-state index < -0.39 is 0 Å². The van der Waals surface area contributed by atoms with Crippen LogP contribution in [0.2, 0.25) is 0 Å². The normalized spacial score (nSPS) is 9.53. The second-order valence-corrected chi connectivity index (χ2v) is 4.43. The van der Waals surface area contributed by atoms with Crippen LogP contribution < -0.4 is 5.32 Å². The molecule has 0 unspecified atom stereocenters. The summed E-state index contributed by atoms with van der Waals surface area (Å²) in [6.45, 7) is 2.88. The molecule has 2 aromatic rings. The fraction of sp³-hybridized carbons (Fsp3) is 0.222. The van der Waals surface area contributed by atoms with Crippen LogP contribution in [0.15, 0.2) is 54.6 Å². The lowest BCUT2D eigenvalue weighted by Gasteiger charge is -2.08. The SMILES string of the molecule is CCCc1ccccc1NCC#Cc1ccccc1. The van der Waals surface area contributed by atoms with E-state index in [0.29, 0.717) is 6.54 Å². The van der Waals surface area contributed by atoms with Crippen molar-refractivity contribution in [3.63, 3.8) is 0 Å². The maximum atomic E-state index is 3.39. The minimum atomic E-state index is 0.676. The Morgan fingerprint density at radius 2 is 1.68 bits per heavy atom. The second kappa shape index (κ2) is 7.28. The number of hydrogen-bond acceptors (Lipinski definition) is 1. The summed E-state index contributed by atoms with van der Waals surface area (Å²) >= 11 is 0. The summed E-state index contributed by atoms with van der Waals surface area (Å²) in [6.07, 6.45) is 2.27. The molecule has 0 spiro atoms. The fourth-order valence-electron chi connectivity index (χ4n) is 1.99. The number of rotatable bonds is 4. The predicted octanol–water partition coefficient (Wildman–Crippen LogP) is 4.10. The van der Waals surface area contributed by atoms with E-state index in [4.69, 9.17) is 0 Å². The van der Waals surface area contributed by atoms with E-state index >= 15 is 0 Å². The van der Waals surface area contributed by atoms with Crippen LogP contribution in [0.4, 0.5) is 5.69 Å². The van der Waals surface area contributed by atoms with Gasteiger partial charge in [-0.15, -0.1) is 0 Å². The van der Waals surface area contributed by atoms with Crippen molar-refractivity contribution < 1.29 is 0 Å². The van der Waals surface area contributed by atoms with Crippen LogP contribution in [0.1, 0.15) is 24.5 Å². The molecule has 19 heavy (non-hydrogen) atoms. The lowest BCUT2D eigenvalue weighted by molar-refractivity contribution is 0.922. The third kappa shape index (κ3) is 4.19. The molecule has 0 aromatic heterocycles. The van der Waals surface area contributed by atoms with Crippen molar-refractivity contribution >= 4 is 5.69 Å². The Balaban J connectivity index is 1.95. The first-order chi connectivity index (χ1) is 9.40. The number of para-hydroxylation sites is 1. The van der Waals surface area contributed by atoms with Crippen molar-refractivity contribution in [2.24, 2.45) is 0 Å². The van der Waals surface area contributed by atoms with E-state index in [1.165, 1.54) is 11.3 Å². The topological polar surface area (TPSA) is 12.0 Å². The zero-order chi connectivity index (χ0) is 13.3. The Morgan fingerprint density at radius 3 is 2.47 bits per heavy atom. The van der Waals surface area contributed by atoms with Gasteiger partial charge in [0.25, 0.3) is 0 Å². The lowest BCUT2D eigenvalue weighted by atomic mass is 10.1. The Morgan fingerprint density at radius 1 is 0.947 bits per heavy atom. The fourth-order valence-corrected chi connectivity index (χ4v) is 1.99. The molecule has 0 saturated heterocycles. The van der Waals surface area contributed by atoms with Gasteiger partial charge in [-0.25, -0.2) is 0 Å². The van der Waals surface area contributed by atoms with Crippen molar-refractivity contribution in [1.82, 2.24) is 0 Å². The molecule has 0 radical (unpaired) electrons. The molecule has 0 amide bonds. The van der Waals surface area contributed by atoms with E-state index in [0.717, 1.165) is 18.4 Å². The maximum Gasteiger partial charge on any atom is 0.0769 e. The number of anilines is 1. The average molecular weight is 249 g/mol. The Bertz CT molecular complexity index is 561. The first kappa shape index (κ1) is 13.2. The number of benzene rings is 2. The van der Waals surface area contributed by atoms with Gasteiger partial charge in [-0.05, 0) is 30.2 Å². The smallest absolute Gasteiger partial charge is 0.0769 e. The molecule has 96 valence electrons. The van der Waals surface area contributed by atoms with E-state index in [1.807, 2.05) is 30.3 Å². The first-order valence-electron chi connectivity index (χ1n) is 6.76. The van der Waals surface area contributed by atoms with E-state index in [-0.39, 0.29) is 0 Å². The van der Waals surface area contributed by atoms with Crippen LogP contribution in [-0.4, -0.2) is 6.54 Å². The highest BCUT2D eigenvalue weighted by atomic mass is 14.9. The molecule has 0 aliphatic heterocycles. The van der Waals surface area contributed by atoms with Crippen LogP contribution in [-0.2, 0) is 6.42 Å². The van der Waals surface area contributed by atoms with Gasteiger partial charge < -0.3 is 5.32 Å². The molecule has 0 aliphatic rings. The van der Waals surface area contributed by atoms with E-state index in [2.05, 4.69) is 48.3 Å². The predicted molar refractivity (Wildman–Crippen MR) is 82.2 cm³/mol. The summed E-state index contributed by atoms with van der Waals surface area (Å²) in [5, 5.41) is 3.39. The third-order valence-corrected chi connectivity index (χ3v) is 2.91. The largest absolute Gasteiger partial charge is 0.374 e. The highest BCUT2D eigenvalue weighted by molar-refractivity contribution is 5.52. The molecular formula is C18H19N. The van der Waals surface area contributed by atoms with Crippen molar-refractivity contribution in [1.29, 1.82) is 0 Å². The Kier molecular flexibility index (Phi) is 5.07. The quantitative estimate of drug-likeness (QED) is 0.804. The molecule has 1 N–H and O–H groups in total. The highest BCUT2D eigenvalue weighted by Crippen LogP contribution is 2.16. The number of aryl methyl sites for hydroxylation is 1. The molecule has 2 rings (SSSR count). The van der Waals surface area contributed by atoms with Gasteiger partial charge in [0.05, 0.1) is 6.54 Å². The molecule has 1 heteroatoms. The van der Waals surface area contributed by atoms with Gasteiger partial charge in [0.15, 0.2) is 0 Å². The number of hydrogen-bond donors (Lipinski definition) is 1. The van der Waals surface area contributed by atoms with Crippen molar-refractivity contribution in [2.45, 2.75) is 19.8 Å². The molecular weight excluding hydrogens is 230 g/mol. The summed E-state index contributed by atoms with van der Waals surface area (Å²) in [7, 11) is 0. The van der Waals surface area contributed by atoms with Crippen molar-refractivity contribution in [3.05, 3.63) is 65.7 Å². The number of nitrogens with one attached hydrogen (secondary N) is 1. The Hall–Kier alpha value is -2.20. The lowest BCUT2D eigenvalue weighted by Crippen LogP contribution is -2.02. The monoisotopic (exact) mass is 249 g/mol. The molecule has 0 aliphatic carbocycles. The Labute approximate surface area is 115 Å². The second-order valence-electron chi connectivity index (χ2n) is 4.43. The van der Waals surface area contributed by atoms with Gasteiger partial charge in [-0.3, -0.25) is 0 Å². The van der Waals surface area contributed by atoms with Gasteiger partial charge in [0.2, 0.25) is 0 Å². The van der Waals surface area contributed by atoms with Crippen LogP contribution in [0.5, 0.6) is 0 Å². The van der Waals surface area contributed by atoms with Crippen molar-refractivity contribution in [3.8, 4) is 11.8 Å². The maximum absolute atomic E-state index is 3.39. The average Bonchev–Trinajstić information content (AvgIpc) is 2.47.